The molecule has 1 unspecified atom stereocenters. The molecule has 0 aromatic heterocycles. The number of likely N-dealkylation sites (tertiary alicyclic amines) is 1. The van der Waals surface area contributed by atoms with Crippen LogP contribution in [0.4, 0.5) is 13.6 Å². The van der Waals surface area contributed by atoms with Crippen molar-refractivity contribution in [2.45, 2.75) is 45.4 Å². The molecule has 1 heterocycles. The van der Waals surface area contributed by atoms with Crippen molar-refractivity contribution in [3.63, 3.8) is 0 Å². The third-order valence-electron chi connectivity index (χ3n) is 4.26. The molecule has 0 radical (unpaired) electrons. The van der Waals surface area contributed by atoms with Crippen LogP contribution >= 0.6 is 15.9 Å². The summed E-state index contributed by atoms with van der Waals surface area (Å²) in [5.41, 5.74) is -0.440. The molecule has 1 aromatic carbocycles. The zero-order valence-electron chi connectivity index (χ0n) is 16.9. The van der Waals surface area contributed by atoms with Crippen LogP contribution in [0.2, 0.25) is 0 Å². The van der Waals surface area contributed by atoms with E-state index in [4.69, 9.17) is 9.47 Å². The average Bonchev–Trinajstić information content (AvgIpc) is 3.08. The average molecular weight is 492 g/mol. The van der Waals surface area contributed by atoms with Gasteiger partial charge in [0.25, 0.3) is 0 Å². The first-order chi connectivity index (χ1) is 14.0. The number of hydrogen-bond donors (Lipinski definition) is 0. The summed E-state index contributed by atoms with van der Waals surface area (Å²) < 4.78 is 40.3. The van der Waals surface area contributed by atoms with E-state index in [-0.39, 0.29) is 19.6 Å². The van der Waals surface area contributed by atoms with Gasteiger partial charge < -0.3 is 14.2 Å². The van der Waals surface area contributed by atoms with Gasteiger partial charge in [0.15, 0.2) is 12.4 Å². The number of benzene rings is 1. The van der Waals surface area contributed by atoms with Crippen molar-refractivity contribution in [3.05, 3.63) is 34.3 Å². The number of nitrogens with zero attached hydrogens (tertiary/aromatic N) is 1. The number of carbonyl (C=O) groups excluding carboxylic acids is 3. The van der Waals surface area contributed by atoms with Gasteiger partial charge in [0, 0.05) is 22.5 Å². The minimum atomic E-state index is -2.95. The van der Waals surface area contributed by atoms with Crippen LogP contribution < -0.4 is 0 Å². The summed E-state index contributed by atoms with van der Waals surface area (Å²) in [6, 6.07) is 5.48. The highest BCUT2D eigenvalue weighted by Gasteiger charge is 2.42. The van der Waals surface area contributed by atoms with Crippen molar-refractivity contribution in [2.24, 2.45) is 5.92 Å². The molecule has 1 amide bonds. The second-order valence-electron chi connectivity index (χ2n) is 7.88. The van der Waals surface area contributed by atoms with Crippen LogP contribution in [0.15, 0.2) is 28.7 Å². The summed E-state index contributed by atoms with van der Waals surface area (Å²) in [4.78, 5) is 38.4. The predicted molar refractivity (Wildman–Crippen MR) is 106 cm³/mol. The SMILES string of the molecule is CC(C)(C)OC(=O)N1CC(COC(F)F)C[C@H]1C(=O)OCC(=O)c1ccc(Br)cc1. The summed E-state index contributed by atoms with van der Waals surface area (Å²) in [6.45, 7) is 1.24. The molecule has 10 heteroatoms. The van der Waals surface area contributed by atoms with Crippen molar-refractivity contribution >= 4 is 33.8 Å². The van der Waals surface area contributed by atoms with Gasteiger partial charge in [0.2, 0.25) is 0 Å². The van der Waals surface area contributed by atoms with Crippen molar-refractivity contribution in [2.75, 3.05) is 19.8 Å². The van der Waals surface area contributed by atoms with Crippen molar-refractivity contribution in [1.82, 2.24) is 4.90 Å². The third kappa shape index (κ3) is 7.32. The van der Waals surface area contributed by atoms with Gasteiger partial charge in [-0.15, -0.1) is 0 Å². The zero-order chi connectivity index (χ0) is 22.5. The van der Waals surface area contributed by atoms with Crippen LogP contribution in [-0.2, 0) is 19.0 Å². The Balaban J connectivity index is 2.03. The van der Waals surface area contributed by atoms with E-state index in [1.807, 2.05) is 0 Å². The maximum absolute atomic E-state index is 12.6. The van der Waals surface area contributed by atoms with Gasteiger partial charge in [-0.25, -0.2) is 9.59 Å². The molecule has 7 nitrogen and oxygen atoms in total. The molecule has 2 rings (SSSR count). The standard InChI is InChI=1S/C20H24BrF2NO6/c1-20(2,3)30-19(27)24-9-12(10-29-18(22)23)8-15(24)17(26)28-11-16(25)13-4-6-14(21)7-5-13/h4-7,12,15,18H,8-11H2,1-3H3/t12?,15-/m0/s1. The Morgan fingerprint density at radius 2 is 1.83 bits per heavy atom. The monoisotopic (exact) mass is 491 g/mol. The Labute approximate surface area is 181 Å². The van der Waals surface area contributed by atoms with E-state index in [9.17, 15) is 23.2 Å². The van der Waals surface area contributed by atoms with E-state index in [0.717, 1.165) is 9.37 Å². The number of hydrogen-bond acceptors (Lipinski definition) is 6. The second kappa shape index (κ2) is 10.3. The Bertz CT molecular complexity index is 766. The molecule has 1 aliphatic rings. The number of alkyl halides is 2. The van der Waals surface area contributed by atoms with Gasteiger partial charge in [-0.2, -0.15) is 8.78 Å². The Kier molecular flexibility index (Phi) is 8.31. The summed E-state index contributed by atoms with van der Waals surface area (Å²) in [5.74, 6) is -1.70. The van der Waals surface area contributed by atoms with Crippen LogP contribution in [0, 0.1) is 5.92 Å². The van der Waals surface area contributed by atoms with Crippen molar-refractivity contribution in [1.29, 1.82) is 0 Å². The van der Waals surface area contributed by atoms with Crippen molar-refractivity contribution < 1.29 is 37.4 Å². The smallest absolute Gasteiger partial charge is 0.411 e. The molecule has 1 aromatic rings. The molecule has 1 aliphatic heterocycles. The lowest BCUT2D eigenvalue weighted by Crippen LogP contribution is -2.44. The minimum Gasteiger partial charge on any atom is -0.456 e. The fourth-order valence-corrected chi connectivity index (χ4v) is 3.21. The Morgan fingerprint density at radius 1 is 1.20 bits per heavy atom. The van der Waals surface area contributed by atoms with Gasteiger partial charge in [-0.3, -0.25) is 9.69 Å². The molecule has 166 valence electrons. The van der Waals surface area contributed by atoms with Gasteiger partial charge in [-0.05, 0) is 39.3 Å². The summed E-state index contributed by atoms with van der Waals surface area (Å²) in [7, 11) is 0. The lowest BCUT2D eigenvalue weighted by molar-refractivity contribution is -0.147. The normalized spacial score (nSPS) is 19.1. The lowest BCUT2D eigenvalue weighted by atomic mass is 10.1. The summed E-state index contributed by atoms with van der Waals surface area (Å²) in [5, 5.41) is 0. The van der Waals surface area contributed by atoms with Gasteiger partial charge in [0.1, 0.15) is 11.6 Å². The number of ether oxygens (including phenoxy) is 3. The van der Waals surface area contributed by atoms with Gasteiger partial charge in [0.05, 0.1) is 6.61 Å². The number of carbonyl (C=O) groups is 3. The van der Waals surface area contributed by atoms with Crippen molar-refractivity contribution in [3.8, 4) is 0 Å². The summed E-state index contributed by atoms with van der Waals surface area (Å²) in [6.07, 6.45) is -0.694. The predicted octanol–water partition coefficient (Wildman–Crippen LogP) is 4.04. The van der Waals surface area contributed by atoms with E-state index in [1.54, 1.807) is 45.0 Å². The molecule has 1 fully saturated rings. The molecule has 30 heavy (non-hydrogen) atoms. The molecule has 0 bridgehead atoms. The molecule has 0 aliphatic carbocycles. The number of halogens is 3. The number of amides is 1. The van der Waals surface area contributed by atoms with Crippen LogP contribution in [-0.4, -0.2) is 60.8 Å². The van der Waals surface area contributed by atoms with E-state index < -0.39 is 48.6 Å². The quantitative estimate of drug-likeness (QED) is 0.422. The number of Topliss-reactive ketones (excluding diaryl/α,β-unsaturated/α-hetero) is 1. The largest absolute Gasteiger partial charge is 0.456 e. The zero-order valence-corrected chi connectivity index (χ0v) is 18.5. The topological polar surface area (TPSA) is 82.1 Å². The molecular formula is C20H24BrF2NO6. The summed E-state index contributed by atoms with van der Waals surface area (Å²) >= 11 is 3.27. The Hall–Kier alpha value is -2.07. The molecule has 2 atom stereocenters. The van der Waals surface area contributed by atoms with Crippen LogP contribution in [0.25, 0.3) is 0 Å². The fraction of sp³-hybridized carbons (Fsp3) is 0.550. The lowest BCUT2D eigenvalue weighted by Gasteiger charge is -2.27. The van der Waals surface area contributed by atoms with E-state index in [1.165, 1.54) is 0 Å². The first-order valence-electron chi connectivity index (χ1n) is 9.31. The van der Waals surface area contributed by atoms with Gasteiger partial charge in [-0.1, -0.05) is 28.1 Å². The van der Waals surface area contributed by atoms with Crippen LogP contribution in [0.1, 0.15) is 37.6 Å². The highest BCUT2D eigenvalue weighted by Crippen LogP contribution is 2.27. The molecule has 1 saturated heterocycles. The van der Waals surface area contributed by atoms with Gasteiger partial charge >= 0.3 is 18.7 Å². The first kappa shape index (κ1) is 24.2. The number of rotatable bonds is 7. The van der Waals surface area contributed by atoms with Crippen LogP contribution in [0.5, 0.6) is 0 Å². The highest BCUT2D eigenvalue weighted by atomic mass is 79.9. The van der Waals surface area contributed by atoms with E-state index in [0.29, 0.717) is 5.56 Å². The van der Waals surface area contributed by atoms with Crippen LogP contribution in [0.3, 0.4) is 0 Å². The fourth-order valence-electron chi connectivity index (χ4n) is 2.95. The maximum atomic E-state index is 12.6. The Morgan fingerprint density at radius 3 is 2.40 bits per heavy atom. The molecule has 0 saturated carbocycles. The minimum absolute atomic E-state index is 0.00204. The number of ketones is 1. The van der Waals surface area contributed by atoms with E-state index in [2.05, 4.69) is 20.7 Å². The molecule has 0 spiro atoms. The second-order valence-corrected chi connectivity index (χ2v) is 8.80. The maximum Gasteiger partial charge on any atom is 0.411 e. The highest BCUT2D eigenvalue weighted by molar-refractivity contribution is 9.10. The first-order valence-corrected chi connectivity index (χ1v) is 10.1. The van der Waals surface area contributed by atoms with E-state index >= 15 is 0 Å². The number of esters is 1. The molecule has 0 N–H and O–H groups in total. The third-order valence-corrected chi connectivity index (χ3v) is 4.79. The molecular weight excluding hydrogens is 468 g/mol.